The van der Waals surface area contributed by atoms with Crippen molar-refractivity contribution in [2.45, 2.75) is 17.4 Å². The van der Waals surface area contributed by atoms with Gasteiger partial charge in [-0.2, -0.15) is 9.57 Å². The van der Waals surface area contributed by atoms with Crippen molar-refractivity contribution in [3.05, 3.63) is 102 Å². The van der Waals surface area contributed by atoms with Gasteiger partial charge in [-0.1, -0.05) is 24.3 Å². The van der Waals surface area contributed by atoms with E-state index in [1.165, 1.54) is 55.5 Å². The molecule has 3 aromatic carbocycles. The average molecular weight is 684 g/mol. The molecule has 2 amide bonds. The fourth-order valence-electron chi connectivity index (χ4n) is 6.06. The van der Waals surface area contributed by atoms with Crippen LogP contribution in [0.1, 0.15) is 23.6 Å². The number of amides is 2. The molecule has 14 heteroatoms. The SMILES string of the molecule is CCOc1ccccc1C1(OC(=O)N2CCN(c3ccccn3)CC2)C(=O)N(S(=O)(=O)c2ccc(OC)cc2OC)c2ccc(C#N)cc21. The van der Waals surface area contributed by atoms with E-state index >= 15 is 4.79 Å². The van der Waals surface area contributed by atoms with Crippen LogP contribution in [0.4, 0.5) is 16.3 Å². The number of nitriles is 1. The quantitative estimate of drug-likeness (QED) is 0.248. The zero-order chi connectivity index (χ0) is 34.8. The first kappa shape index (κ1) is 33.1. The van der Waals surface area contributed by atoms with Gasteiger partial charge in [0.05, 0.1) is 43.7 Å². The van der Waals surface area contributed by atoms with Gasteiger partial charge in [0.25, 0.3) is 15.9 Å². The molecule has 0 bridgehead atoms. The first-order valence-electron chi connectivity index (χ1n) is 15.4. The van der Waals surface area contributed by atoms with E-state index in [1.54, 1.807) is 37.4 Å². The normalized spacial score (nSPS) is 17.3. The molecule has 1 fully saturated rings. The van der Waals surface area contributed by atoms with E-state index in [9.17, 15) is 18.5 Å². The molecule has 1 atom stereocenters. The van der Waals surface area contributed by atoms with Gasteiger partial charge in [0.15, 0.2) is 0 Å². The average Bonchev–Trinajstić information content (AvgIpc) is 3.39. The number of carbonyl (C=O) groups is 2. The Morgan fingerprint density at radius 3 is 2.35 bits per heavy atom. The maximum absolute atomic E-state index is 15.1. The van der Waals surface area contributed by atoms with E-state index in [-0.39, 0.29) is 58.5 Å². The lowest BCUT2D eigenvalue weighted by Crippen LogP contribution is -2.53. The third-order valence-corrected chi connectivity index (χ3v) is 10.2. The number of benzene rings is 3. The van der Waals surface area contributed by atoms with Gasteiger partial charge in [0, 0.05) is 44.0 Å². The predicted molar refractivity (Wildman–Crippen MR) is 178 cm³/mol. The van der Waals surface area contributed by atoms with Gasteiger partial charge in [-0.05, 0) is 55.5 Å². The fourth-order valence-corrected chi connectivity index (χ4v) is 7.66. The number of sulfonamides is 1. The lowest BCUT2D eigenvalue weighted by Gasteiger charge is -2.37. The van der Waals surface area contributed by atoms with E-state index < -0.39 is 27.6 Å². The van der Waals surface area contributed by atoms with Crippen molar-refractivity contribution in [2.24, 2.45) is 0 Å². The molecular weight excluding hydrogens is 650 g/mol. The molecule has 6 rings (SSSR count). The number of fused-ring (bicyclic) bond motifs is 1. The fraction of sp³-hybridized carbons (Fsp3) is 0.257. The topological polar surface area (TPSA) is 152 Å². The van der Waals surface area contributed by atoms with Crippen LogP contribution in [0, 0.1) is 11.3 Å². The number of nitrogens with zero attached hydrogens (tertiary/aromatic N) is 5. The summed E-state index contributed by atoms with van der Waals surface area (Å²) in [5, 5.41) is 9.89. The molecular formula is C35H33N5O8S. The van der Waals surface area contributed by atoms with Crippen LogP contribution in [0.5, 0.6) is 17.2 Å². The summed E-state index contributed by atoms with van der Waals surface area (Å²) in [4.78, 5) is 36.8. The summed E-state index contributed by atoms with van der Waals surface area (Å²) in [6.45, 7) is 3.30. The Morgan fingerprint density at radius 2 is 1.67 bits per heavy atom. The maximum Gasteiger partial charge on any atom is 0.411 e. The lowest BCUT2D eigenvalue weighted by atomic mass is 9.85. The molecule has 2 aliphatic heterocycles. The van der Waals surface area contributed by atoms with Crippen LogP contribution in [0.25, 0.3) is 0 Å². The van der Waals surface area contributed by atoms with Gasteiger partial charge in [-0.15, -0.1) is 0 Å². The molecule has 0 N–H and O–H groups in total. The number of para-hydroxylation sites is 1. The summed E-state index contributed by atoms with van der Waals surface area (Å²) in [7, 11) is -2.01. The van der Waals surface area contributed by atoms with Crippen molar-refractivity contribution in [3.8, 4) is 23.3 Å². The highest BCUT2D eigenvalue weighted by molar-refractivity contribution is 7.93. The second kappa shape index (κ2) is 13.4. The van der Waals surface area contributed by atoms with Crippen molar-refractivity contribution in [3.63, 3.8) is 0 Å². The number of methoxy groups -OCH3 is 2. The van der Waals surface area contributed by atoms with E-state index in [0.717, 1.165) is 5.82 Å². The monoisotopic (exact) mass is 683 g/mol. The molecule has 1 saturated heterocycles. The van der Waals surface area contributed by atoms with Crippen LogP contribution in [-0.4, -0.2) is 77.3 Å². The summed E-state index contributed by atoms with van der Waals surface area (Å²) in [5.41, 5.74) is -2.26. The lowest BCUT2D eigenvalue weighted by molar-refractivity contribution is -0.132. The zero-order valence-electron chi connectivity index (χ0n) is 27.0. The highest BCUT2D eigenvalue weighted by Crippen LogP contribution is 2.52. The van der Waals surface area contributed by atoms with Gasteiger partial charge in [-0.3, -0.25) is 4.79 Å². The van der Waals surface area contributed by atoms with E-state index in [1.807, 2.05) is 29.2 Å². The van der Waals surface area contributed by atoms with E-state index in [2.05, 4.69) is 4.98 Å². The highest BCUT2D eigenvalue weighted by atomic mass is 32.2. The van der Waals surface area contributed by atoms with Crippen LogP contribution >= 0.6 is 0 Å². The minimum absolute atomic E-state index is 0.0137. The third kappa shape index (κ3) is 5.72. The molecule has 4 aromatic rings. The second-order valence-electron chi connectivity index (χ2n) is 11.1. The Balaban J connectivity index is 1.49. The molecule has 0 aliphatic carbocycles. The number of rotatable bonds is 9. The Hall–Kier alpha value is -5.81. The Kier molecular flexibility index (Phi) is 9.03. The number of pyridine rings is 1. The molecule has 49 heavy (non-hydrogen) atoms. The van der Waals surface area contributed by atoms with Crippen molar-refractivity contribution in [2.75, 3.05) is 56.2 Å². The number of anilines is 2. The first-order chi connectivity index (χ1) is 23.7. The first-order valence-corrected chi connectivity index (χ1v) is 16.9. The van der Waals surface area contributed by atoms with Gasteiger partial charge in [0.1, 0.15) is 28.0 Å². The Morgan fingerprint density at radius 1 is 0.918 bits per heavy atom. The standard InChI is InChI=1S/C35H33N5O8S/c1-4-47-29-10-6-5-9-26(29)35(48-34(42)39-19-17-38(18-20-39)32-11-7-8-16-37-32)27-21-24(23-36)12-14-28(27)40(33(35)41)49(43,44)31-15-13-25(45-2)22-30(31)46-3/h5-16,21-22H,4,17-20H2,1-3H3. The molecule has 1 aromatic heterocycles. The third-order valence-electron chi connectivity index (χ3n) is 8.42. The Labute approximate surface area is 283 Å². The van der Waals surface area contributed by atoms with Gasteiger partial charge < -0.3 is 28.7 Å². The number of hydrogen-bond acceptors (Lipinski definition) is 11. The van der Waals surface area contributed by atoms with Crippen LogP contribution in [0.3, 0.4) is 0 Å². The predicted octanol–water partition coefficient (Wildman–Crippen LogP) is 4.31. The summed E-state index contributed by atoms with van der Waals surface area (Å²) >= 11 is 0. The molecule has 0 spiro atoms. The molecule has 1 unspecified atom stereocenters. The second-order valence-corrected chi connectivity index (χ2v) is 12.8. The molecule has 2 aliphatic rings. The van der Waals surface area contributed by atoms with Crippen LogP contribution in [0.2, 0.25) is 0 Å². The molecule has 0 radical (unpaired) electrons. The molecule has 13 nitrogen and oxygen atoms in total. The van der Waals surface area contributed by atoms with Crippen molar-refractivity contribution < 1.29 is 37.0 Å². The van der Waals surface area contributed by atoms with Crippen LogP contribution < -0.4 is 23.4 Å². The summed E-state index contributed by atoms with van der Waals surface area (Å²) < 4.78 is 52.6. The number of piperazine rings is 1. The van der Waals surface area contributed by atoms with E-state index in [4.69, 9.17) is 18.9 Å². The minimum atomic E-state index is -4.73. The highest BCUT2D eigenvalue weighted by Gasteiger charge is 2.61. The molecule has 252 valence electrons. The number of carbonyl (C=O) groups excluding carboxylic acids is 2. The number of hydrogen-bond donors (Lipinski definition) is 0. The summed E-state index contributed by atoms with van der Waals surface area (Å²) in [6, 6.07) is 22.3. The molecule has 3 heterocycles. The van der Waals surface area contributed by atoms with E-state index in [0.29, 0.717) is 23.1 Å². The molecule has 0 saturated carbocycles. The van der Waals surface area contributed by atoms with Gasteiger partial charge in [0.2, 0.25) is 5.60 Å². The van der Waals surface area contributed by atoms with Crippen LogP contribution in [-0.2, 0) is 25.2 Å². The van der Waals surface area contributed by atoms with Crippen LogP contribution in [0.15, 0.2) is 90.0 Å². The number of aromatic nitrogens is 1. The maximum atomic E-state index is 15.1. The summed E-state index contributed by atoms with van der Waals surface area (Å²) in [6.07, 6.45) is 0.838. The van der Waals surface area contributed by atoms with Crippen molar-refractivity contribution in [1.29, 1.82) is 5.26 Å². The van der Waals surface area contributed by atoms with Gasteiger partial charge in [-0.25, -0.2) is 18.2 Å². The minimum Gasteiger partial charge on any atom is -0.497 e. The largest absolute Gasteiger partial charge is 0.497 e. The zero-order valence-corrected chi connectivity index (χ0v) is 27.8. The smallest absolute Gasteiger partial charge is 0.411 e. The van der Waals surface area contributed by atoms with Crippen molar-refractivity contribution >= 4 is 33.5 Å². The summed E-state index contributed by atoms with van der Waals surface area (Å²) in [5.74, 6) is 0.122. The van der Waals surface area contributed by atoms with Gasteiger partial charge >= 0.3 is 6.09 Å². The number of ether oxygens (including phenoxy) is 4. The van der Waals surface area contributed by atoms with Crippen molar-refractivity contribution in [1.82, 2.24) is 9.88 Å². The Bertz CT molecular complexity index is 2040.